The SMILES string of the molecule is CCOC(=S)Sc1ccc(C)cc1I. The van der Waals surface area contributed by atoms with Gasteiger partial charge in [0.1, 0.15) is 0 Å². The zero-order valence-corrected chi connectivity index (χ0v) is 11.8. The monoisotopic (exact) mass is 338 g/mol. The van der Waals surface area contributed by atoms with E-state index in [9.17, 15) is 0 Å². The first-order valence-electron chi connectivity index (χ1n) is 4.24. The van der Waals surface area contributed by atoms with Gasteiger partial charge in [-0.05, 0) is 72.6 Å². The Kier molecular flexibility index (Phi) is 5.19. The van der Waals surface area contributed by atoms with Gasteiger partial charge in [-0.3, -0.25) is 0 Å². The van der Waals surface area contributed by atoms with Crippen molar-refractivity contribution in [2.45, 2.75) is 18.7 Å². The summed E-state index contributed by atoms with van der Waals surface area (Å²) in [6.07, 6.45) is 0. The molecule has 1 nitrogen and oxygen atoms in total. The summed E-state index contributed by atoms with van der Waals surface area (Å²) in [7, 11) is 0. The lowest BCUT2D eigenvalue weighted by molar-refractivity contribution is 0.346. The molecule has 0 unspecified atom stereocenters. The highest BCUT2D eigenvalue weighted by Crippen LogP contribution is 2.26. The summed E-state index contributed by atoms with van der Waals surface area (Å²) in [6.45, 7) is 4.65. The fourth-order valence-electron chi connectivity index (χ4n) is 0.926. The average Bonchev–Trinajstić information content (AvgIpc) is 2.10. The Morgan fingerprint density at radius 3 is 2.86 bits per heavy atom. The summed E-state index contributed by atoms with van der Waals surface area (Å²) in [6, 6.07) is 6.30. The maximum Gasteiger partial charge on any atom is 0.224 e. The predicted molar refractivity (Wildman–Crippen MR) is 74.0 cm³/mol. The van der Waals surface area contributed by atoms with E-state index in [2.05, 4.69) is 47.7 Å². The number of thioether (sulfide) groups is 1. The molecular weight excluding hydrogens is 327 g/mol. The molecule has 4 heteroatoms. The summed E-state index contributed by atoms with van der Waals surface area (Å²) in [5.41, 5.74) is 1.26. The van der Waals surface area contributed by atoms with E-state index in [1.165, 1.54) is 20.9 Å². The first kappa shape index (κ1) is 12.3. The van der Waals surface area contributed by atoms with E-state index in [1.807, 2.05) is 6.92 Å². The molecule has 0 N–H and O–H groups in total. The lowest BCUT2D eigenvalue weighted by atomic mass is 10.2. The fraction of sp³-hybridized carbons (Fsp3) is 0.300. The summed E-state index contributed by atoms with van der Waals surface area (Å²) < 4.78 is 7.03. The smallest absolute Gasteiger partial charge is 0.224 e. The Balaban J connectivity index is 2.72. The van der Waals surface area contributed by atoms with Gasteiger partial charge in [0.15, 0.2) is 0 Å². The second kappa shape index (κ2) is 5.92. The molecule has 0 aliphatic heterocycles. The zero-order chi connectivity index (χ0) is 10.6. The first-order valence-corrected chi connectivity index (χ1v) is 6.54. The normalized spacial score (nSPS) is 9.93. The zero-order valence-electron chi connectivity index (χ0n) is 8.04. The third kappa shape index (κ3) is 3.74. The molecule has 14 heavy (non-hydrogen) atoms. The van der Waals surface area contributed by atoms with E-state index in [-0.39, 0.29) is 0 Å². The summed E-state index contributed by atoms with van der Waals surface area (Å²) in [5.74, 6) is 0. The quantitative estimate of drug-likeness (QED) is 0.458. The number of hydrogen-bond acceptors (Lipinski definition) is 3. The molecule has 0 bridgehead atoms. The molecule has 0 saturated carbocycles. The van der Waals surface area contributed by atoms with E-state index in [0.717, 1.165) is 4.90 Å². The molecule has 0 radical (unpaired) electrons. The van der Waals surface area contributed by atoms with Gasteiger partial charge in [0.25, 0.3) is 0 Å². The van der Waals surface area contributed by atoms with E-state index in [1.54, 1.807) is 0 Å². The minimum absolute atomic E-state index is 0.592. The molecular formula is C10H11IOS2. The molecule has 0 heterocycles. The molecule has 0 spiro atoms. The van der Waals surface area contributed by atoms with Crippen molar-refractivity contribution in [2.24, 2.45) is 0 Å². The summed E-state index contributed by atoms with van der Waals surface area (Å²) in [4.78, 5) is 1.16. The van der Waals surface area contributed by atoms with Crippen molar-refractivity contribution in [2.75, 3.05) is 6.61 Å². The third-order valence-corrected chi connectivity index (χ3v) is 4.03. The average molecular weight is 338 g/mol. The van der Waals surface area contributed by atoms with Crippen LogP contribution < -0.4 is 0 Å². The maximum atomic E-state index is 5.22. The number of rotatable bonds is 2. The number of halogens is 1. The number of benzene rings is 1. The van der Waals surface area contributed by atoms with Gasteiger partial charge >= 0.3 is 0 Å². The van der Waals surface area contributed by atoms with E-state index < -0.39 is 0 Å². The van der Waals surface area contributed by atoms with Crippen LogP contribution in [0.3, 0.4) is 0 Å². The molecule has 0 aliphatic carbocycles. The van der Waals surface area contributed by atoms with Gasteiger partial charge in [0.2, 0.25) is 4.38 Å². The van der Waals surface area contributed by atoms with Crippen LogP contribution in [0.25, 0.3) is 0 Å². The molecule has 0 amide bonds. The van der Waals surface area contributed by atoms with Crippen LogP contribution in [0.5, 0.6) is 0 Å². The van der Waals surface area contributed by atoms with Gasteiger partial charge in [0.05, 0.1) is 6.61 Å². The van der Waals surface area contributed by atoms with Gasteiger partial charge in [-0.2, -0.15) is 0 Å². The van der Waals surface area contributed by atoms with E-state index in [0.29, 0.717) is 11.0 Å². The highest BCUT2D eigenvalue weighted by Gasteiger charge is 2.04. The molecule has 1 aromatic rings. The predicted octanol–water partition coefficient (Wildman–Crippen LogP) is 4.01. The van der Waals surface area contributed by atoms with Crippen LogP contribution in [0.15, 0.2) is 23.1 Å². The van der Waals surface area contributed by atoms with Gasteiger partial charge in [-0.15, -0.1) is 0 Å². The maximum absolute atomic E-state index is 5.22. The molecule has 0 fully saturated rings. The van der Waals surface area contributed by atoms with Crippen LogP contribution in [0.1, 0.15) is 12.5 Å². The van der Waals surface area contributed by atoms with Crippen LogP contribution in [-0.4, -0.2) is 11.0 Å². The molecule has 0 saturated heterocycles. The molecule has 0 aromatic heterocycles. The minimum atomic E-state index is 0.592. The Labute approximate surface area is 108 Å². The topological polar surface area (TPSA) is 9.23 Å². The van der Waals surface area contributed by atoms with Crippen LogP contribution in [0.4, 0.5) is 0 Å². The fourth-order valence-corrected chi connectivity index (χ4v) is 2.96. The molecule has 1 rings (SSSR count). The van der Waals surface area contributed by atoms with Gasteiger partial charge in [-0.1, -0.05) is 11.6 Å². The first-order chi connectivity index (χ1) is 6.63. The lowest BCUT2D eigenvalue weighted by Crippen LogP contribution is -1.96. The largest absolute Gasteiger partial charge is 0.479 e. The van der Waals surface area contributed by atoms with Crippen molar-refractivity contribution < 1.29 is 4.74 Å². The number of hydrogen-bond donors (Lipinski definition) is 0. The van der Waals surface area contributed by atoms with Crippen LogP contribution in [0, 0.1) is 10.5 Å². The van der Waals surface area contributed by atoms with Crippen molar-refractivity contribution in [3.05, 3.63) is 27.3 Å². The Morgan fingerprint density at radius 1 is 1.57 bits per heavy atom. The van der Waals surface area contributed by atoms with Gasteiger partial charge in [0, 0.05) is 8.47 Å². The second-order valence-electron chi connectivity index (χ2n) is 2.72. The van der Waals surface area contributed by atoms with Crippen LogP contribution in [-0.2, 0) is 4.74 Å². The number of aryl methyl sites for hydroxylation is 1. The Hall–Kier alpha value is 0.190. The van der Waals surface area contributed by atoms with Gasteiger partial charge < -0.3 is 4.74 Å². The highest BCUT2D eigenvalue weighted by atomic mass is 127. The van der Waals surface area contributed by atoms with E-state index >= 15 is 0 Å². The molecule has 0 atom stereocenters. The molecule has 0 aliphatic rings. The van der Waals surface area contributed by atoms with Crippen molar-refractivity contribution in [3.63, 3.8) is 0 Å². The Morgan fingerprint density at radius 2 is 2.29 bits per heavy atom. The number of thiocarbonyl (C=S) groups is 1. The van der Waals surface area contributed by atoms with Crippen molar-refractivity contribution >= 4 is 51.0 Å². The molecule has 76 valence electrons. The second-order valence-corrected chi connectivity index (χ2v) is 5.53. The Bertz CT molecular complexity index is 339. The highest BCUT2D eigenvalue weighted by molar-refractivity contribution is 14.1. The summed E-state index contributed by atoms with van der Waals surface area (Å²) in [5, 5.41) is 0. The molecule has 1 aromatic carbocycles. The van der Waals surface area contributed by atoms with Crippen LogP contribution >= 0.6 is 46.6 Å². The van der Waals surface area contributed by atoms with E-state index in [4.69, 9.17) is 17.0 Å². The number of ether oxygens (including phenoxy) is 1. The minimum Gasteiger partial charge on any atom is -0.479 e. The standard InChI is InChI=1S/C10H11IOS2/c1-3-12-10(13)14-9-5-4-7(2)6-8(9)11/h4-6H,3H2,1-2H3. The van der Waals surface area contributed by atoms with Crippen molar-refractivity contribution in [3.8, 4) is 0 Å². The van der Waals surface area contributed by atoms with Crippen molar-refractivity contribution in [1.82, 2.24) is 0 Å². The van der Waals surface area contributed by atoms with Gasteiger partial charge in [-0.25, -0.2) is 0 Å². The lowest BCUT2D eigenvalue weighted by Gasteiger charge is -2.06. The summed E-state index contributed by atoms with van der Waals surface area (Å²) >= 11 is 8.88. The third-order valence-electron chi connectivity index (χ3n) is 1.54. The van der Waals surface area contributed by atoms with Crippen molar-refractivity contribution in [1.29, 1.82) is 0 Å². The van der Waals surface area contributed by atoms with Crippen LogP contribution in [0.2, 0.25) is 0 Å².